The summed E-state index contributed by atoms with van der Waals surface area (Å²) in [6, 6.07) is 7.60. The van der Waals surface area contributed by atoms with Gasteiger partial charge in [-0.25, -0.2) is 4.98 Å². The second-order valence-corrected chi connectivity index (χ2v) is 6.81. The van der Waals surface area contributed by atoms with Crippen molar-refractivity contribution in [2.24, 2.45) is 0 Å². The molecule has 124 valence electrons. The fraction of sp³-hybridized carbons (Fsp3) is 0.294. The SMILES string of the molecule is Cc1nnc(CN(C)C(=O)c2cccc(-c3sc(C)nc3C)c2)o1. The van der Waals surface area contributed by atoms with Gasteiger partial charge in [0, 0.05) is 19.5 Å². The van der Waals surface area contributed by atoms with E-state index in [1.807, 2.05) is 38.1 Å². The minimum absolute atomic E-state index is 0.0911. The zero-order chi connectivity index (χ0) is 17.3. The Morgan fingerprint density at radius 2 is 2.04 bits per heavy atom. The first-order chi connectivity index (χ1) is 11.4. The summed E-state index contributed by atoms with van der Waals surface area (Å²) in [6.07, 6.45) is 0. The Labute approximate surface area is 144 Å². The van der Waals surface area contributed by atoms with Crippen LogP contribution in [0.4, 0.5) is 0 Å². The molecular formula is C17H18N4O2S. The molecule has 0 saturated heterocycles. The first-order valence-corrected chi connectivity index (χ1v) is 8.34. The number of nitrogens with zero attached hydrogens (tertiary/aromatic N) is 4. The maximum absolute atomic E-state index is 12.7. The summed E-state index contributed by atoms with van der Waals surface area (Å²) < 4.78 is 5.33. The lowest BCUT2D eigenvalue weighted by Crippen LogP contribution is -2.26. The van der Waals surface area contributed by atoms with Gasteiger partial charge in [-0.3, -0.25) is 4.79 Å². The Hall–Kier alpha value is -2.54. The highest BCUT2D eigenvalue weighted by molar-refractivity contribution is 7.15. The van der Waals surface area contributed by atoms with Crippen molar-refractivity contribution in [2.45, 2.75) is 27.3 Å². The number of carbonyl (C=O) groups is 1. The third kappa shape index (κ3) is 3.35. The van der Waals surface area contributed by atoms with Crippen molar-refractivity contribution < 1.29 is 9.21 Å². The van der Waals surface area contributed by atoms with Crippen molar-refractivity contribution in [3.8, 4) is 10.4 Å². The van der Waals surface area contributed by atoms with E-state index in [1.54, 1.807) is 30.2 Å². The van der Waals surface area contributed by atoms with Crippen LogP contribution in [0.15, 0.2) is 28.7 Å². The topological polar surface area (TPSA) is 72.1 Å². The maximum Gasteiger partial charge on any atom is 0.254 e. The molecule has 0 aliphatic rings. The van der Waals surface area contributed by atoms with Gasteiger partial charge in [0.05, 0.1) is 22.1 Å². The van der Waals surface area contributed by atoms with E-state index >= 15 is 0 Å². The molecule has 2 heterocycles. The molecule has 0 radical (unpaired) electrons. The molecule has 0 fully saturated rings. The molecule has 24 heavy (non-hydrogen) atoms. The summed E-state index contributed by atoms with van der Waals surface area (Å²) in [5.74, 6) is 0.823. The standard InChI is InChI=1S/C17H18N4O2S/c1-10-16(24-12(3)18-10)13-6-5-7-14(8-13)17(22)21(4)9-15-20-19-11(2)23-15/h5-8H,9H2,1-4H3. The van der Waals surface area contributed by atoms with Crippen LogP contribution in [0, 0.1) is 20.8 Å². The summed E-state index contributed by atoms with van der Waals surface area (Å²) >= 11 is 1.63. The van der Waals surface area contributed by atoms with Gasteiger partial charge in [-0.2, -0.15) is 0 Å². The predicted molar refractivity (Wildman–Crippen MR) is 91.9 cm³/mol. The average molecular weight is 342 g/mol. The second-order valence-electron chi connectivity index (χ2n) is 5.60. The van der Waals surface area contributed by atoms with Gasteiger partial charge in [-0.05, 0) is 31.5 Å². The molecule has 3 rings (SSSR count). The van der Waals surface area contributed by atoms with Crippen LogP contribution in [-0.4, -0.2) is 33.0 Å². The Balaban J connectivity index is 1.82. The molecule has 0 saturated carbocycles. The second kappa shape index (κ2) is 6.52. The molecule has 6 nitrogen and oxygen atoms in total. The number of hydrogen-bond donors (Lipinski definition) is 0. The predicted octanol–water partition coefficient (Wildman–Crippen LogP) is 3.39. The third-order valence-corrected chi connectivity index (χ3v) is 4.68. The molecule has 1 aromatic carbocycles. The summed E-state index contributed by atoms with van der Waals surface area (Å²) in [4.78, 5) is 19.8. The molecule has 0 aliphatic heterocycles. The maximum atomic E-state index is 12.7. The molecular weight excluding hydrogens is 324 g/mol. The molecule has 2 aromatic heterocycles. The highest BCUT2D eigenvalue weighted by atomic mass is 32.1. The van der Waals surface area contributed by atoms with Gasteiger partial charge in [-0.1, -0.05) is 12.1 Å². The number of benzene rings is 1. The average Bonchev–Trinajstić information content (AvgIpc) is 3.11. The largest absolute Gasteiger partial charge is 0.424 e. The molecule has 0 spiro atoms. The van der Waals surface area contributed by atoms with Crippen LogP contribution in [0.3, 0.4) is 0 Å². The number of aromatic nitrogens is 3. The van der Waals surface area contributed by atoms with E-state index in [4.69, 9.17) is 4.42 Å². The van der Waals surface area contributed by atoms with Gasteiger partial charge in [0.25, 0.3) is 5.91 Å². The van der Waals surface area contributed by atoms with Crippen LogP contribution < -0.4 is 0 Å². The molecule has 0 N–H and O–H groups in total. The van der Waals surface area contributed by atoms with Crippen molar-refractivity contribution in [3.63, 3.8) is 0 Å². The van der Waals surface area contributed by atoms with Crippen LogP contribution >= 0.6 is 11.3 Å². The van der Waals surface area contributed by atoms with E-state index in [-0.39, 0.29) is 12.5 Å². The van der Waals surface area contributed by atoms with Crippen LogP contribution in [-0.2, 0) is 6.54 Å². The number of carbonyl (C=O) groups excluding carboxylic acids is 1. The van der Waals surface area contributed by atoms with Crippen LogP contribution in [0.2, 0.25) is 0 Å². The Morgan fingerprint density at radius 1 is 1.25 bits per heavy atom. The van der Waals surface area contributed by atoms with Gasteiger partial charge < -0.3 is 9.32 Å². The molecule has 1 amide bonds. The zero-order valence-electron chi connectivity index (χ0n) is 14.0. The summed E-state index contributed by atoms with van der Waals surface area (Å²) in [6.45, 7) is 5.97. The van der Waals surface area contributed by atoms with Gasteiger partial charge in [0.2, 0.25) is 11.8 Å². The number of rotatable bonds is 4. The molecule has 0 bridgehead atoms. The van der Waals surface area contributed by atoms with E-state index in [0.717, 1.165) is 21.1 Å². The minimum Gasteiger partial charge on any atom is -0.424 e. The third-order valence-electron chi connectivity index (χ3n) is 3.56. The first kappa shape index (κ1) is 16.3. The lowest BCUT2D eigenvalue weighted by atomic mass is 10.1. The molecule has 0 atom stereocenters. The monoisotopic (exact) mass is 342 g/mol. The highest BCUT2D eigenvalue weighted by Crippen LogP contribution is 2.30. The highest BCUT2D eigenvalue weighted by Gasteiger charge is 2.16. The van der Waals surface area contributed by atoms with Crippen molar-refractivity contribution >= 4 is 17.2 Å². The summed E-state index contributed by atoms with van der Waals surface area (Å²) in [5.41, 5.74) is 2.61. The fourth-order valence-electron chi connectivity index (χ4n) is 2.49. The van der Waals surface area contributed by atoms with E-state index in [0.29, 0.717) is 17.3 Å². The van der Waals surface area contributed by atoms with E-state index in [2.05, 4.69) is 15.2 Å². The number of hydrogen-bond acceptors (Lipinski definition) is 6. The summed E-state index contributed by atoms with van der Waals surface area (Å²) in [7, 11) is 1.72. The lowest BCUT2D eigenvalue weighted by Gasteiger charge is -2.15. The zero-order valence-corrected chi connectivity index (χ0v) is 14.8. The first-order valence-electron chi connectivity index (χ1n) is 7.53. The van der Waals surface area contributed by atoms with Crippen LogP contribution in [0.1, 0.15) is 32.8 Å². The van der Waals surface area contributed by atoms with Crippen LogP contribution in [0.5, 0.6) is 0 Å². The van der Waals surface area contributed by atoms with E-state index < -0.39 is 0 Å². The number of thiazole rings is 1. The Kier molecular flexibility index (Phi) is 4.44. The number of amides is 1. The van der Waals surface area contributed by atoms with E-state index in [9.17, 15) is 4.79 Å². The van der Waals surface area contributed by atoms with Crippen molar-refractivity contribution in [1.29, 1.82) is 0 Å². The summed E-state index contributed by atoms with van der Waals surface area (Å²) in [5, 5.41) is 8.72. The Bertz CT molecular complexity index is 884. The number of aryl methyl sites for hydroxylation is 3. The van der Waals surface area contributed by atoms with Crippen LogP contribution in [0.25, 0.3) is 10.4 Å². The molecule has 0 aliphatic carbocycles. The van der Waals surface area contributed by atoms with Gasteiger partial charge in [0.15, 0.2) is 0 Å². The molecule has 0 unspecified atom stereocenters. The van der Waals surface area contributed by atoms with E-state index in [1.165, 1.54) is 0 Å². The minimum atomic E-state index is -0.0911. The van der Waals surface area contributed by atoms with Gasteiger partial charge in [-0.15, -0.1) is 21.5 Å². The van der Waals surface area contributed by atoms with Crippen molar-refractivity contribution in [1.82, 2.24) is 20.1 Å². The normalized spacial score (nSPS) is 10.8. The van der Waals surface area contributed by atoms with Gasteiger partial charge in [0.1, 0.15) is 0 Å². The quantitative estimate of drug-likeness (QED) is 0.727. The fourth-order valence-corrected chi connectivity index (χ4v) is 3.41. The lowest BCUT2D eigenvalue weighted by molar-refractivity contribution is 0.0772. The van der Waals surface area contributed by atoms with Crippen molar-refractivity contribution in [2.75, 3.05) is 7.05 Å². The smallest absolute Gasteiger partial charge is 0.254 e. The van der Waals surface area contributed by atoms with Crippen molar-refractivity contribution in [3.05, 3.63) is 52.3 Å². The van der Waals surface area contributed by atoms with Gasteiger partial charge >= 0.3 is 0 Å². The molecule has 7 heteroatoms. The Morgan fingerprint density at radius 3 is 2.67 bits per heavy atom. The molecule has 3 aromatic rings.